The molecule has 4 rings (SSSR count). The van der Waals surface area contributed by atoms with Crippen molar-refractivity contribution >= 4 is 5.91 Å². The molecule has 4 aliphatic rings. The minimum atomic E-state index is -1.73. The number of aliphatic hydroxyl groups excluding tert-OH is 9. The van der Waals surface area contributed by atoms with Crippen LogP contribution in [0.5, 0.6) is 0 Å². The highest BCUT2D eigenvalue weighted by Gasteiger charge is 2.55. The van der Waals surface area contributed by atoms with Crippen LogP contribution in [0, 0.1) is 0 Å². The van der Waals surface area contributed by atoms with Crippen molar-refractivity contribution in [3.63, 3.8) is 0 Å². The molecule has 3 aliphatic heterocycles. The number of carbonyl (C=O) groups excluding carboxylic acids is 1. The molecule has 4 fully saturated rings. The molecule has 0 aromatic rings. The lowest BCUT2D eigenvalue weighted by Crippen LogP contribution is -2.69. The van der Waals surface area contributed by atoms with Gasteiger partial charge in [-0.05, 0) is 19.4 Å². The number of ether oxygens (including phenoxy) is 6. The van der Waals surface area contributed by atoms with Crippen molar-refractivity contribution in [2.75, 3.05) is 26.3 Å². The lowest BCUT2D eigenvalue weighted by Gasteiger charge is -2.47. The number of nitrogens with two attached hydrogens (primary N) is 5. The van der Waals surface area contributed by atoms with Gasteiger partial charge < -0.3 is 108 Å². The van der Waals surface area contributed by atoms with Crippen LogP contribution in [0.15, 0.2) is 0 Å². The van der Waals surface area contributed by atoms with Crippen LogP contribution in [0.2, 0.25) is 0 Å². The first-order chi connectivity index (χ1) is 23.2. The van der Waals surface area contributed by atoms with E-state index in [0.717, 1.165) is 0 Å². The first kappa shape index (κ1) is 40.4. The molecule has 20 N–H and O–H groups in total. The molecule has 0 radical (unpaired) electrons. The molecule has 0 spiro atoms. The van der Waals surface area contributed by atoms with Crippen LogP contribution in [0.4, 0.5) is 0 Å². The van der Waals surface area contributed by atoms with Gasteiger partial charge in [-0.15, -0.1) is 0 Å². The molecule has 0 bridgehead atoms. The van der Waals surface area contributed by atoms with Crippen LogP contribution < -0.4 is 34.0 Å². The summed E-state index contributed by atoms with van der Waals surface area (Å²) in [5, 5.41) is 96.3. The fourth-order valence-corrected chi connectivity index (χ4v) is 6.38. The van der Waals surface area contributed by atoms with Gasteiger partial charge in [0.15, 0.2) is 18.9 Å². The average molecular weight is 717 g/mol. The average Bonchev–Trinajstić information content (AvgIpc) is 3.38. The van der Waals surface area contributed by atoms with Crippen LogP contribution >= 0.6 is 0 Å². The van der Waals surface area contributed by atoms with E-state index in [9.17, 15) is 50.8 Å². The number of carbonyl (C=O) groups is 1. The Bertz CT molecular complexity index is 1060. The van der Waals surface area contributed by atoms with Crippen molar-refractivity contribution in [3.8, 4) is 0 Å². The molecule has 286 valence electrons. The predicted octanol–water partition coefficient (Wildman–Crippen LogP) is -9.99. The fourth-order valence-electron chi connectivity index (χ4n) is 6.38. The molecule has 0 aromatic heterocycles. The number of hydrogen-bond acceptors (Lipinski definition) is 21. The molecule has 3 heterocycles. The first-order valence-electron chi connectivity index (χ1n) is 16.1. The van der Waals surface area contributed by atoms with Crippen molar-refractivity contribution in [1.82, 2.24) is 5.32 Å². The molecular formula is C27H52N6O16. The van der Waals surface area contributed by atoms with Crippen LogP contribution in [0.1, 0.15) is 12.8 Å². The standard InChI is InChI=1S/C27H52N6O16/c28-2-1-9(36)24(43)33-8-3-7(30)21(47-26-14(32)19(41)17(39)11(5-34)45-26)23(15(8)37)49-27-20(42)22(12(6-35)46-27)48-25-13(31)18(40)16(38)10(4-29)44-25/h7-23,25-27,34-42H,1-6,28-32H2,(H,33,43)/t7-,8+,9-,10-,11+,12+,13+,14+,15-,16+,17+,18+,19+,20+,21+,22+,23+,25+,26+,27-/m0/s1. The highest BCUT2D eigenvalue weighted by atomic mass is 16.8. The van der Waals surface area contributed by atoms with Gasteiger partial charge >= 0.3 is 0 Å². The highest BCUT2D eigenvalue weighted by Crippen LogP contribution is 2.34. The number of rotatable bonds is 13. The minimum Gasteiger partial charge on any atom is -0.394 e. The third kappa shape index (κ3) is 8.66. The maximum absolute atomic E-state index is 12.6. The summed E-state index contributed by atoms with van der Waals surface area (Å²) in [6, 6.07) is -4.93. The lowest BCUT2D eigenvalue weighted by molar-refractivity contribution is -0.311. The van der Waals surface area contributed by atoms with E-state index in [4.69, 9.17) is 57.1 Å². The summed E-state index contributed by atoms with van der Waals surface area (Å²) < 4.78 is 34.7. The van der Waals surface area contributed by atoms with E-state index in [1.807, 2.05) is 0 Å². The van der Waals surface area contributed by atoms with Gasteiger partial charge in [-0.3, -0.25) is 4.79 Å². The van der Waals surface area contributed by atoms with E-state index in [1.54, 1.807) is 0 Å². The van der Waals surface area contributed by atoms with E-state index in [0.29, 0.717) is 0 Å². The van der Waals surface area contributed by atoms with Gasteiger partial charge in [0.1, 0.15) is 79.4 Å². The molecule has 1 saturated carbocycles. The van der Waals surface area contributed by atoms with E-state index < -0.39 is 142 Å². The van der Waals surface area contributed by atoms with Crippen LogP contribution in [0.3, 0.4) is 0 Å². The zero-order valence-electron chi connectivity index (χ0n) is 26.6. The summed E-state index contributed by atoms with van der Waals surface area (Å²) in [4.78, 5) is 12.6. The largest absolute Gasteiger partial charge is 0.394 e. The summed E-state index contributed by atoms with van der Waals surface area (Å²) in [5.41, 5.74) is 29.5. The maximum Gasteiger partial charge on any atom is 0.249 e. The van der Waals surface area contributed by atoms with Gasteiger partial charge in [-0.25, -0.2) is 0 Å². The van der Waals surface area contributed by atoms with E-state index in [2.05, 4.69) is 5.32 Å². The van der Waals surface area contributed by atoms with Crippen LogP contribution in [-0.2, 0) is 33.2 Å². The predicted molar refractivity (Wildman–Crippen MR) is 160 cm³/mol. The molecule has 3 saturated heterocycles. The topological polar surface area (TPSA) is 397 Å². The van der Waals surface area contributed by atoms with Crippen molar-refractivity contribution in [2.24, 2.45) is 28.7 Å². The Balaban J connectivity index is 1.57. The Morgan fingerprint density at radius 2 is 1.20 bits per heavy atom. The van der Waals surface area contributed by atoms with Crippen molar-refractivity contribution in [1.29, 1.82) is 0 Å². The smallest absolute Gasteiger partial charge is 0.249 e. The summed E-state index contributed by atoms with van der Waals surface area (Å²) in [5.74, 6) is -0.863. The second kappa shape index (κ2) is 17.5. The normalized spacial score (nSPS) is 48.3. The Kier molecular flexibility index (Phi) is 14.4. The summed E-state index contributed by atoms with van der Waals surface area (Å²) in [7, 11) is 0. The molecule has 22 heteroatoms. The first-order valence-corrected chi connectivity index (χ1v) is 16.1. The molecule has 1 aliphatic carbocycles. The quantitative estimate of drug-likeness (QED) is 0.0841. The SMILES string of the molecule is NCC[C@H](O)C(=O)N[C@@H]1C[C@H](N)[C@@H](O[C@H]2O[C@H](CO)[C@@H](O)[C@H](O)[C@H]2N)[C@H](O[C@@H]2O[C@H](CO)[C@@H](O[C@H]3O[C@@H](CN)[C@@H](O)[C@H](O)[C@H]3N)[C@H]2O)[C@H]1O. The second-order valence-electron chi connectivity index (χ2n) is 12.7. The Morgan fingerprint density at radius 1 is 0.694 bits per heavy atom. The summed E-state index contributed by atoms with van der Waals surface area (Å²) in [6.45, 7) is -1.66. The van der Waals surface area contributed by atoms with Gasteiger partial charge in [-0.2, -0.15) is 0 Å². The van der Waals surface area contributed by atoms with Gasteiger partial charge in [0.05, 0.1) is 31.3 Å². The van der Waals surface area contributed by atoms with Gasteiger partial charge in [0.25, 0.3) is 0 Å². The van der Waals surface area contributed by atoms with E-state index >= 15 is 0 Å². The monoisotopic (exact) mass is 716 g/mol. The molecule has 0 aromatic carbocycles. The zero-order chi connectivity index (χ0) is 36.3. The van der Waals surface area contributed by atoms with E-state index in [-0.39, 0.29) is 25.9 Å². The summed E-state index contributed by atoms with van der Waals surface area (Å²) >= 11 is 0. The molecule has 49 heavy (non-hydrogen) atoms. The molecule has 20 atom stereocenters. The zero-order valence-corrected chi connectivity index (χ0v) is 26.6. The Labute approximate surface area is 280 Å². The van der Waals surface area contributed by atoms with Crippen LogP contribution in [0.25, 0.3) is 0 Å². The third-order valence-corrected chi connectivity index (χ3v) is 9.34. The molecule has 1 amide bonds. The van der Waals surface area contributed by atoms with Gasteiger partial charge in [0.2, 0.25) is 5.91 Å². The number of nitrogens with one attached hydrogen (secondary N) is 1. The van der Waals surface area contributed by atoms with Crippen molar-refractivity contribution in [2.45, 2.75) is 135 Å². The third-order valence-electron chi connectivity index (χ3n) is 9.34. The number of hydrogen-bond donors (Lipinski definition) is 15. The van der Waals surface area contributed by atoms with Gasteiger partial charge in [-0.1, -0.05) is 0 Å². The van der Waals surface area contributed by atoms with Gasteiger partial charge in [0, 0.05) is 12.6 Å². The summed E-state index contributed by atoms with van der Waals surface area (Å²) in [6.07, 6.45) is -23.9. The Morgan fingerprint density at radius 3 is 1.76 bits per heavy atom. The fraction of sp³-hybridized carbons (Fsp3) is 0.963. The second-order valence-corrected chi connectivity index (χ2v) is 12.7. The van der Waals surface area contributed by atoms with Crippen molar-refractivity contribution < 1.29 is 79.2 Å². The molecular weight excluding hydrogens is 664 g/mol. The minimum absolute atomic E-state index is 0.00458. The number of aliphatic hydroxyl groups is 9. The molecule has 0 unspecified atom stereocenters. The Hall–Kier alpha value is -1.33. The van der Waals surface area contributed by atoms with E-state index in [1.165, 1.54) is 0 Å². The van der Waals surface area contributed by atoms with Crippen LogP contribution in [-0.4, -0.2) is 201 Å². The highest BCUT2D eigenvalue weighted by molar-refractivity contribution is 5.80. The molecule has 22 nitrogen and oxygen atoms in total. The number of amides is 1. The van der Waals surface area contributed by atoms with Crippen molar-refractivity contribution in [3.05, 3.63) is 0 Å². The lowest BCUT2D eigenvalue weighted by atomic mass is 9.83. The maximum atomic E-state index is 12.6.